The molecule has 0 saturated carbocycles. The second kappa shape index (κ2) is 7.27. The van der Waals surface area contributed by atoms with Gasteiger partial charge in [-0.25, -0.2) is 0 Å². The molecule has 0 fully saturated rings. The summed E-state index contributed by atoms with van der Waals surface area (Å²) in [5.74, 6) is 0.0352. The van der Waals surface area contributed by atoms with Gasteiger partial charge in [0.05, 0.1) is 13.0 Å². The van der Waals surface area contributed by atoms with Crippen LogP contribution in [0.15, 0.2) is 30.5 Å². The maximum absolute atomic E-state index is 11.9. The van der Waals surface area contributed by atoms with Crippen LogP contribution in [0.3, 0.4) is 0 Å². The molecule has 0 aliphatic heterocycles. The molecule has 21 heavy (non-hydrogen) atoms. The smallest absolute Gasteiger partial charge is 0.224 e. The molecule has 4 heteroatoms. The third kappa shape index (κ3) is 3.85. The number of fused-ring (bicyclic) bond motifs is 1. The minimum absolute atomic E-state index is 0.0352. The second-order valence-electron chi connectivity index (χ2n) is 5.39. The Morgan fingerprint density at radius 3 is 2.90 bits per heavy atom. The van der Waals surface area contributed by atoms with Gasteiger partial charge in [0.1, 0.15) is 0 Å². The SMILES string of the molecule is CCC(C)n1ccc2ccc(CC(=O)NCCOC)cc21. The third-order valence-electron chi connectivity index (χ3n) is 3.85. The van der Waals surface area contributed by atoms with Crippen molar-refractivity contribution < 1.29 is 9.53 Å². The molecule has 2 aromatic rings. The fourth-order valence-corrected chi connectivity index (χ4v) is 2.43. The highest BCUT2D eigenvalue weighted by Gasteiger charge is 2.09. The fourth-order valence-electron chi connectivity index (χ4n) is 2.43. The van der Waals surface area contributed by atoms with Crippen molar-refractivity contribution in [1.29, 1.82) is 0 Å². The number of ether oxygens (including phenoxy) is 1. The number of hydrogen-bond acceptors (Lipinski definition) is 2. The van der Waals surface area contributed by atoms with Gasteiger partial charge in [-0.05, 0) is 36.4 Å². The van der Waals surface area contributed by atoms with Crippen LogP contribution < -0.4 is 5.32 Å². The summed E-state index contributed by atoms with van der Waals surface area (Å²) in [5.41, 5.74) is 2.24. The number of benzene rings is 1. The predicted molar refractivity (Wildman–Crippen MR) is 85.5 cm³/mol. The van der Waals surface area contributed by atoms with Crippen LogP contribution in [-0.4, -0.2) is 30.7 Å². The van der Waals surface area contributed by atoms with Crippen molar-refractivity contribution in [2.24, 2.45) is 0 Å². The Morgan fingerprint density at radius 2 is 2.19 bits per heavy atom. The first kappa shape index (κ1) is 15.6. The largest absolute Gasteiger partial charge is 0.383 e. The van der Waals surface area contributed by atoms with E-state index in [1.165, 1.54) is 10.9 Å². The molecule has 0 bridgehead atoms. The van der Waals surface area contributed by atoms with Crippen molar-refractivity contribution >= 4 is 16.8 Å². The van der Waals surface area contributed by atoms with E-state index in [9.17, 15) is 4.79 Å². The summed E-state index contributed by atoms with van der Waals surface area (Å²) >= 11 is 0. The molecule has 2 rings (SSSR count). The standard InChI is InChI=1S/C17H24N2O2/c1-4-13(2)19-9-7-15-6-5-14(11-16(15)19)12-17(20)18-8-10-21-3/h5-7,9,11,13H,4,8,10,12H2,1-3H3,(H,18,20). The summed E-state index contributed by atoms with van der Waals surface area (Å²) in [6.45, 7) is 5.50. The van der Waals surface area contributed by atoms with Crippen molar-refractivity contribution in [2.45, 2.75) is 32.7 Å². The van der Waals surface area contributed by atoms with Crippen molar-refractivity contribution in [3.63, 3.8) is 0 Å². The summed E-state index contributed by atoms with van der Waals surface area (Å²) in [7, 11) is 1.63. The monoisotopic (exact) mass is 288 g/mol. The number of nitrogens with zero attached hydrogens (tertiary/aromatic N) is 1. The van der Waals surface area contributed by atoms with E-state index in [1.807, 2.05) is 6.07 Å². The van der Waals surface area contributed by atoms with E-state index in [2.05, 4.69) is 48.1 Å². The molecular weight excluding hydrogens is 264 g/mol. The van der Waals surface area contributed by atoms with E-state index in [0.29, 0.717) is 25.6 Å². The number of nitrogens with one attached hydrogen (secondary N) is 1. The van der Waals surface area contributed by atoms with Crippen LogP contribution in [0, 0.1) is 0 Å². The average molecular weight is 288 g/mol. The van der Waals surface area contributed by atoms with Gasteiger partial charge in [0.15, 0.2) is 0 Å². The first-order chi connectivity index (χ1) is 10.2. The minimum atomic E-state index is 0.0352. The highest BCUT2D eigenvalue weighted by molar-refractivity contribution is 5.84. The van der Waals surface area contributed by atoms with E-state index in [1.54, 1.807) is 7.11 Å². The Bertz CT molecular complexity index is 604. The molecule has 0 aliphatic carbocycles. The first-order valence-electron chi connectivity index (χ1n) is 7.50. The normalized spacial score (nSPS) is 12.5. The number of hydrogen-bond donors (Lipinski definition) is 1. The van der Waals surface area contributed by atoms with Crippen molar-refractivity contribution in [3.8, 4) is 0 Å². The number of methoxy groups -OCH3 is 1. The van der Waals surface area contributed by atoms with Crippen LogP contribution in [0.25, 0.3) is 10.9 Å². The number of aromatic nitrogens is 1. The Balaban J connectivity index is 2.12. The third-order valence-corrected chi connectivity index (χ3v) is 3.85. The lowest BCUT2D eigenvalue weighted by Gasteiger charge is -2.13. The Hall–Kier alpha value is -1.81. The van der Waals surface area contributed by atoms with Crippen molar-refractivity contribution in [3.05, 3.63) is 36.0 Å². The van der Waals surface area contributed by atoms with Gasteiger partial charge < -0.3 is 14.6 Å². The fraction of sp³-hybridized carbons (Fsp3) is 0.471. The predicted octanol–water partition coefficient (Wildman–Crippen LogP) is 2.92. The minimum Gasteiger partial charge on any atom is -0.383 e. The summed E-state index contributed by atoms with van der Waals surface area (Å²) in [5, 5.41) is 4.07. The zero-order valence-corrected chi connectivity index (χ0v) is 13.1. The van der Waals surface area contributed by atoms with Gasteiger partial charge in [-0.15, -0.1) is 0 Å². The Morgan fingerprint density at radius 1 is 1.38 bits per heavy atom. The van der Waals surface area contributed by atoms with Gasteiger partial charge in [0.25, 0.3) is 0 Å². The van der Waals surface area contributed by atoms with E-state index >= 15 is 0 Å². The van der Waals surface area contributed by atoms with Crippen LogP contribution in [0.2, 0.25) is 0 Å². The second-order valence-corrected chi connectivity index (χ2v) is 5.39. The Kier molecular flexibility index (Phi) is 5.39. The first-order valence-corrected chi connectivity index (χ1v) is 7.50. The molecule has 0 aliphatic rings. The van der Waals surface area contributed by atoms with Gasteiger partial charge in [-0.3, -0.25) is 4.79 Å². The van der Waals surface area contributed by atoms with Crippen LogP contribution in [0.4, 0.5) is 0 Å². The van der Waals surface area contributed by atoms with E-state index in [0.717, 1.165) is 12.0 Å². The molecule has 1 aromatic carbocycles. The molecule has 1 unspecified atom stereocenters. The van der Waals surface area contributed by atoms with E-state index in [-0.39, 0.29) is 5.91 Å². The average Bonchev–Trinajstić information content (AvgIpc) is 2.90. The molecule has 0 spiro atoms. The maximum Gasteiger partial charge on any atom is 0.224 e. The van der Waals surface area contributed by atoms with Gasteiger partial charge >= 0.3 is 0 Å². The molecule has 0 radical (unpaired) electrons. The lowest BCUT2D eigenvalue weighted by atomic mass is 10.1. The molecule has 0 saturated heterocycles. The number of rotatable bonds is 7. The van der Waals surface area contributed by atoms with E-state index in [4.69, 9.17) is 4.74 Å². The highest BCUT2D eigenvalue weighted by Crippen LogP contribution is 2.23. The quantitative estimate of drug-likeness (QED) is 0.796. The van der Waals surface area contributed by atoms with Crippen LogP contribution in [-0.2, 0) is 16.0 Å². The molecule has 1 heterocycles. The lowest BCUT2D eigenvalue weighted by Crippen LogP contribution is -2.28. The summed E-state index contributed by atoms with van der Waals surface area (Å²) in [6, 6.07) is 8.83. The van der Waals surface area contributed by atoms with Crippen molar-refractivity contribution in [2.75, 3.05) is 20.3 Å². The maximum atomic E-state index is 11.9. The summed E-state index contributed by atoms with van der Waals surface area (Å²) in [6.07, 6.45) is 3.62. The molecule has 1 aromatic heterocycles. The van der Waals surface area contributed by atoms with Crippen LogP contribution in [0.5, 0.6) is 0 Å². The molecule has 1 N–H and O–H groups in total. The molecule has 1 amide bonds. The van der Waals surface area contributed by atoms with E-state index < -0.39 is 0 Å². The summed E-state index contributed by atoms with van der Waals surface area (Å²) < 4.78 is 7.21. The van der Waals surface area contributed by atoms with Gasteiger partial charge in [-0.1, -0.05) is 19.1 Å². The number of carbonyl (C=O) groups is 1. The lowest BCUT2D eigenvalue weighted by molar-refractivity contribution is -0.120. The summed E-state index contributed by atoms with van der Waals surface area (Å²) in [4.78, 5) is 11.9. The zero-order chi connectivity index (χ0) is 15.2. The highest BCUT2D eigenvalue weighted by atomic mass is 16.5. The van der Waals surface area contributed by atoms with Crippen LogP contribution in [0.1, 0.15) is 31.9 Å². The topological polar surface area (TPSA) is 43.3 Å². The zero-order valence-electron chi connectivity index (χ0n) is 13.1. The van der Waals surface area contributed by atoms with Gasteiger partial charge in [0, 0.05) is 31.4 Å². The molecule has 114 valence electrons. The Labute approximate surface area is 126 Å². The molecule has 1 atom stereocenters. The van der Waals surface area contributed by atoms with Gasteiger partial charge in [0.2, 0.25) is 5.91 Å². The van der Waals surface area contributed by atoms with Crippen LogP contribution >= 0.6 is 0 Å². The molecular formula is C17H24N2O2. The molecule has 4 nitrogen and oxygen atoms in total. The van der Waals surface area contributed by atoms with Gasteiger partial charge in [-0.2, -0.15) is 0 Å². The van der Waals surface area contributed by atoms with Crippen molar-refractivity contribution in [1.82, 2.24) is 9.88 Å². The number of carbonyl (C=O) groups excluding carboxylic acids is 1. The number of amides is 1.